The quantitative estimate of drug-likeness (QED) is 0.0342. The predicted octanol–water partition coefficient (Wildman–Crippen LogP) is 10.2. The summed E-state index contributed by atoms with van der Waals surface area (Å²) in [5, 5.41) is 23.4. The van der Waals surface area contributed by atoms with Gasteiger partial charge in [0, 0.05) is 62.2 Å². The SMILES string of the molecule is CC=CC1=CN2C(=O)c3cc(OC)c(OCCCOc4cc5c(cc4OC)C(=O)N4C=C(C=CC)CC4C(O)N5C(=O)OCc4ccc(NC(=O)C(C)NC(=O)C(NC(=O)CCOCCOCCOCCOCCNC(=O)CC5CCCCCCCCCC5)C(C)C)cc4)cc3N=CC2C1. The van der Waals surface area contributed by atoms with Gasteiger partial charge in [-0.1, -0.05) is 102 Å². The fourth-order valence-electron chi connectivity index (χ4n) is 12.6. The highest BCUT2D eigenvalue weighted by Crippen LogP contribution is 2.43. The first-order valence-corrected chi connectivity index (χ1v) is 35.3. The van der Waals surface area contributed by atoms with E-state index in [4.69, 9.17) is 42.6 Å². The van der Waals surface area contributed by atoms with Gasteiger partial charge in [-0.05, 0) is 99.3 Å². The van der Waals surface area contributed by atoms with E-state index < -0.39 is 54.1 Å². The van der Waals surface area contributed by atoms with Crippen LogP contribution in [0.2, 0.25) is 0 Å². The van der Waals surface area contributed by atoms with Crippen LogP contribution in [0.3, 0.4) is 0 Å². The van der Waals surface area contributed by atoms with Crippen LogP contribution >= 0.6 is 0 Å². The number of allylic oxidation sites excluding steroid dienone is 4. The molecule has 4 aliphatic heterocycles. The number of anilines is 2. The largest absolute Gasteiger partial charge is 0.493 e. The second-order valence-corrected chi connectivity index (χ2v) is 25.8. The number of fused-ring (bicyclic) bond motifs is 4. The van der Waals surface area contributed by atoms with Gasteiger partial charge in [0.1, 0.15) is 18.7 Å². The fourth-order valence-corrected chi connectivity index (χ4v) is 12.6. The summed E-state index contributed by atoms with van der Waals surface area (Å²) in [5.74, 6) is -0.774. The van der Waals surface area contributed by atoms with E-state index in [0.29, 0.717) is 105 Å². The number of aliphatic hydroxyl groups excluding tert-OH is 1. The Morgan fingerprint density at radius 2 is 1.21 bits per heavy atom. The number of rotatable bonds is 35. The maximum Gasteiger partial charge on any atom is 0.416 e. The molecule has 7 amide bonds. The van der Waals surface area contributed by atoms with Crippen LogP contribution in [-0.2, 0) is 49.5 Å². The molecule has 3 aromatic rings. The summed E-state index contributed by atoms with van der Waals surface area (Å²) in [7, 11) is 2.92. The number of aliphatic imine (C=N–C) groups is 1. The number of carbonyl (C=O) groups is 7. The number of benzene rings is 3. The zero-order valence-corrected chi connectivity index (χ0v) is 59.1. The Hall–Kier alpha value is -8.62. The number of carbonyl (C=O) groups excluding carboxylic acids is 7. The lowest BCUT2D eigenvalue weighted by Gasteiger charge is -2.31. The molecule has 25 heteroatoms. The molecule has 0 aromatic heterocycles. The summed E-state index contributed by atoms with van der Waals surface area (Å²) in [6, 6.07) is 9.69. The number of hydrogen-bond acceptors (Lipinski definition) is 18. The molecule has 100 heavy (non-hydrogen) atoms. The van der Waals surface area contributed by atoms with E-state index in [-0.39, 0.29) is 92.4 Å². The molecule has 4 heterocycles. The van der Waals surface area contributed by atoms with Crippen LogP contribution in [0.5, 0.6) is 23.0 Å². The maximum atomic E-state index is 14.4. The summed E-state index contributed by atoms with van der Waals surface area (Å²) in [4.78, 5) is 104. The van der Waals surface area contributed by atoms with Gasteiger partial charge in [-0.15, -0.1) is 0 Å². The minimum Gasteiger partial charge on any atom is -0.493 e. The van der Waals surface area contributed by atoms with Crippen molar-refractivity contribution in [3.05, 3.63) is 113 Å². The average Bonchev–Trinajstić information content (AvgIpc) is 1.59. The van der Waals surface area contributed by atoms with Crippen LogP contribution in [0.4, 0.5) is 21.9 Å². The van der Waals surface area contributed by atoms with Crippen LogP contribution in [0.1, 0.15) is 157 Å². The number of methoxy groups -OCH3 is 2. The van der Waals surface area contributed by atoms with Crippen LogP contribution in [0.25, 0.3) is 0 Å². The summed E-state index contributed by atoms with van der Waals surface area (Å²) < 4.78 is 52.0. The van der Waals surface area contributed by atoms with E-state index >= 15 is 0 Å². The Kier molecular flexibility index (Phi) is 30.8. The van der Waals surface area contributed by atoms with Gasteiger partial charge in [0.25, 0.3) is 11.8 Å². The van der Waals surface area contributed by atoms with Gasteiger partial charge >= 0.3 is 6.09 Å². The normalized spacial score (nSPS) is 18.5. The maximum absolute atomic E-state index is 14.4. The molecular formula is C75H102N8O17. The van der Waals surface area contributed by atoms with Crippen molar-refractivity contribution >= 4 is 64.8 Å². The van der Waals surface area contributed by atoms with E-state index in [2.05, 4.69) is 26.3 Å². The molecule has 1 aliphatic carbocycles. The number of hydrogen-bond donors (Lipinski definition) is 5. The van der Waals surface area contributed by atoms with Crippen molar-refractivity contribution in [1.29, 1.82) is 0 Å². The highest BCUT2D eigenvalue weighted by Gasteiger charge is 2.46. The topological polar surface area (TPSA) is 293 Å². The summed E-state index contributed by atoms with van der Waals surface area (Å²) in [5.41, 5.74) is 3.61. The number of nitrogens with zero attached hydrogens (tertiary/aromatic N) is 4. The summed E-state index contributed by atoms with van der Waals surface area (Å²) >= 11 is 0. The molecule has 0 saturated heterocycles. The third-order valence-corrected chi connectivity index (χ3v) is 17.9. The van der Waals surface area contributed by atoms with Gasteiger partial charge in [0.2, 0.25) is 23.6 Å². The number of ether oxygens (including phenoxy) is 9. The van der Waals surface area contributed by atoms with Crippen molar-refractivity contribution in [3.63, 3.8) is 0 Å². The Morgan fingerprint density at radius 3 is 1.83 bits per heavy atom. The van der Waals surface area contributed by atoms with Gasteiger partial charge in [0.05, 0.1) is 115 Å². The monoisotopic (exact) mass is 1390 g/mol. The van der Waals surface area contributed by atoms with Crippen molar-refractivity contribution in [2.75, 3.05) is 97.0 Å². The molecule has 544 valence electrons. The Balaban J connectivity index is 0.743. The molecule has 1 saturated carbocycles. The van der Waals surface area contributed by atoms with E-state index in [1.165, 1.54) is 89.5 Å². The summed E-state index contributed by atoms with van der Waals surface area (Å²) in [6.45, 7) is 11.9. The van der Waals surface area contributed by atoms with Crippen LogP contribution in [0, 0.1) is 11.8 Å². The zero-order valence-electron chi connectivity index (χ0n) is 59.1. The molecule has 0 spiro atoms. The van der Waals surface area contributed by atoms with Crippen molar-refractivity contribution in [2.24, 2.45) is 16.8 Å². The van der Waals surface area contributed by atoms with Crippen LogP contribution in [-0.4, -0.2) is 180 Å². The van der Waals surface area contributed by atoms with Gasteiger partial charge < -0.3 is 78.8 Å². The minimum atomic E-state index is -1.57. The third kappa shape index (κ3) is 22.4. The van der Waals surface area contributed by atoms with E-state index in [1.54, 1.807) is 67.6 Å². The zero-order chi connectivity index (χ0) is 71.3. The molecule has 8 rings (SSSR count). The van der Waals surface area contributed by atoms with Crippen molar-refractivity contribution < 1.29 is 81.3 Å². The molecule has 1 fully saturated rings. The first kappa shape index (κ1) is 77.1. The van der Waals surface area contributed by atoms with Crippen molar-refractivity contribution in [3.8, 4) is 23.0 Å². The first-order valence-electron chi connectivity index (χ1n) is 35.3. The molecule has 5 unspecified atom stereocenters. The van der Waals surface area contributed by atoms with Gasteiger partial charge in [-0.2, -0.15) is 0 Å². The lowest BCUT2D eigenvalue weighted by atomic mass is 9.92. The van der Waals surface area contributed by atoms with Gasteiger partial charge in [-0.25, -0.2) is 9.69 Å². The Bertz CT molecular complexity index is 3390. The molecule has 25 nitrogen and oxygen atoms in total. The Morgan fingerprint density at radius 1 is 0.640 bits per heavy atom. The number of aliphatic hydroxyl groups is 1. The smallest absolute Gasteiger partial charge is 0.416 e. The minimum absolute atomic E-state index is 0.000222. The van der Waals surface area contributed by atoms with Gasteiger partial charge in [-0.3, -0.25) is 33.8 Å². The molecule has 0 bridgehead atoms. The van der Waals surface area contributed by atoms with E-state index in [1.807, 2.05) is 44.4 Å². The number of nitrogens with one attached hydrogen (secondary N) is 4. The highest BCUT2D eigenvalue weighted by atomic mass is 16.6. The average molecular weight is 1390 g/mol. The van der Waals surface area contributed by atoms with E-state index in [9.17, 15) is 38.7 Å². The molecule has 5 aliphatic rings. The first-order chi connectivity index (χ1) is 48.5. The molecule has 5 atom stereocenters. The van der Waals surface area contributed by atoms with E-state index in [0.717, 1.165) is 28.9 Å². The second-order valence-electron chi connectivity index (χ2n) is 25.8. The van der Waals surface area contributed by atoms with Crippen LogP contribution < -0.4 is 45.1 Å². The van der Waals surface area contributed by atoms with Crippen molar-refractivity contribution in [2.45, 2.75) is 168 Å². The van der Waals surface area contributed by atoms with Crippen molar-refractivity contribution in [1.82, 2.24) is 25.8 Å². The van der Waals surface area contributed by atoms with Crippen LogP contribution in [0.15, 0.2) is 101 Å². The summed E-state index contributed by atoms with van der Waals surface area (Å²) in [6.07, 6.45) is 24.7. The molecule has 3 aromatic carbocycles. The Labute approximate surface area is 587 Å². The number of amides is 7. The third-order valence-electron chi connectivity index (χ3n) is 17.9. The lowest BCUT2D eigenvalue weighted by molar-refractivity contribution is -0.132. The lowest BCUT2D eigenvalue weighted by Crippen LogP contribution is -2.53. The molecular weight excluding hydrogens is 1280 g/mol. The highest BCUT2D eigenvalue weighted by molar-refractivity contribution is 6.07. The fraction of sp³-hybridized carbons (Fsp3) is 0.547. The predicted molar refractivity (Wildman–Crippen MR) is 378 cm³/mol. The second kappa shape index (κ2) is 40.0. The van der Waals surface area contributed by atoms with Gasteiger partial charge in [0.15, 0.2) is 29.2 Å². The molecule has 5 N–H and O–H groups in total. The molecule has 0 radical (unpaired) electrons. The standard InChI is InChI=1S/C75H102N8O17/c1-8-19-54-39-57-46-77-60-44-65(63(92-6)42-58(60)72(88)81(57)47-54)98-29-18-30-99-66-45-61-59(43-64(66)93-7)73(89)82-48-55(20-9-2)40-62(82)74(90)83(61)75(91)100-49-53-23-25-56(26-24-53)79-70(86)51(5)78-71(87)69(50(3)4)80-67(84)27-31-94-33-35-96-37-38-97-36-34-95-32-28-76-68(85)41-52-21-16-14-12-10-11-13-15-17-22-52/h8-9,19-20,23-26,42-48,50-52,57,62,69,74,90H,10-18,21-22,27-41,49H2,1-7H3,(H,76,85)(H,78,87)(H,79,86)(H,80,84).